The molecule has 1 fully saturated rings. The van der Waals surface area contributed by atoms with Crippen molar-refractivity contribution in [2.24, 2.45) is 5.73 Å². The highest BCUT2D eigenvalue weighted by molar-refractivity contribution is 7.89. The van der Waals surface area contributed by atoms with Gasteiger partial charge in [-0.3, -0.25) is 9.59 Å². The van der Waals surface area contributed by atoms with E-state index in [0.717, 1.165) is 26.0 Å². The van der Waals surface area contributed by atoms with Crippen LogP contribution in [0, 0.1) is 5.82 Å². The summed E-state index contributed by atoms with van der Waals surface area (Å²) >= 11 is 0. The zero-order valence-electron chi connectivity index (χ0n) is 17.6. The average Bonchev–Trinajstić information content (AvgIpc) is 3.28. The van der Waals surface area contributed by atoms with Crippen molar-refractivity contribution in [3.05, 3.63) is 78.1 Å². The van der Waals surface area contributed by atoms with E-state index < -0.39 is 33.8 Å². The number of nitrogens with two attached hydrogens (primary N) is 1. The third-order valence-electron chi connectivity index (χ3n) is 5.47. The van der Waals surface area contributed by atoms with Crippen LogP contribution in [0.15, 0.2) is 71.6 Å². The molecule has 4 rings (SSSR count). The van der Waals surface area contributed by atoms with Crippen molar-refractivity contribution in [1.82, 2.24) is 14.5 Å². The number of hydrogen-bond donors (Lipinski definition) is 2. The summed E-state index contributed by atoms with van der Waals surface area (Å²) in [6.45, 7) is 0.148. The highest BCUT2D eigenvalue weighted by Gasteiger charge is 2.46. The first-order chi connectivity index (χ1) is 15.8. The number of carbonyl (C=O) groups excluding carboxylic acids is 2. The van der Waals surface area contributed by atoms with Gasteiger partial charge in [0, 0.05) is 31.7 Å². The van der Waals surface area contributed by atoms with Gasteiger partial charge in [-0.1, -0.05) is 36.4 Å². The molecular formula is C23H23FN4O4S. The summed E-state index contributed by atoms with van der Waals surface area (Å²) in [5.74, 6) is -1.92. The smallest absolute Gasteiger partial charge is 0.259 e. The van der Waals surface area contributed by atoms with E-state index in [2.05, 4.69) is 5.32 Å². The molecule has 8 nitrogen and oxygen atoms in total. The zero-order chi connectivity index (χ0) is 23.6. The fourth-order valence-electron chi connectivity index (χ4n) is 3.88. The second-order valence-corrected chi connectivity index (χ2v) is 9.48. The number of nitrogens with one attached hydrogen (secondary N) is 1. The number of hydrogen-bond acceptors (Lipinski definition) is 5. The van der Waals surface area contributed by atoms with Crippen LogP contribution in [0.4, 0.5) is 4.39 Å². The molecule has 0 bridgehead atoms. The lowest BCUT2D eigenvalue weighted by atomic mass is 10.1. The SMILES string of the molecule is NCCNC(=O)C1N(C(=O)c2cccc(F)c2)CCN1S(=O)(=O)c1ccc2ccccc2c1. The third kappa shape index (κ3) is 4.45. The lowest BCUT2D eigenvalue weighted by molar-refractivity contribution is -0.127. The first-order valence-corrected chi connectivity index (χ1v) is 11.8. The lowest BCUT2D eigenvalue weighted by Crippen LogP contribution is -2.54. The van der Waals surface area contributed by atoms with Gasteiger partial charge in [-0.2, -0.15) is 4.31 Å². The molecule has 3 aromatic carbocycles. The summed E-state index contributed by atoms with van der Waals surface area (Å²) in [6.07, 6.45) is -1.43. The fraction of sp³-hybridized carbons (Fsp3) is 0.217. The summed E-state index contributed by atoms with van der Waals surface area (Å²) in [5, 5.41) is 4.17. The summed E-state index contributed by atoms with van der Waals surface area (Å²) < 4.78 is 41.8. The van der Waals surface area contributed by atoms with Gasteiger partial charge in [-0.05, 0) is 41.1 Å². The minimum atomic E-state index is -4.13. The molecule has 10 heteroatoms. The molecule has 1 aliphatic heterocycles. The van der Waals surface area contributed by atoms with Gasteiger partial charge in [-0.25, -0.2) is 12.8 Å². The van der Waals surface area contributed by atoms with E-state index >= 15 is 0 Å². The number of benzene rings is 3. The molecule has 0 aromatic heterocycles. The number of fused-ring (bicyclic) bond motifs is 1. The monoisotopic (exact) mass is 470 g/mol. The van der Waals surface area contributed by atoms with Gasteiger partial charge in [0.05, 0.1) is 4.90 Å². The van der Waals surface area contributed by atoms with Crippen LogP contribution in [0.2, 0.25) is 0 Å². The van der Waals surface area contributed by atoms with Crippen molar-refractivity contribution in [3.8, 4) is 0 Å². The van der Waals surface area contributed by atoms with Gasteiger partial charge in [0.1, 0.15) is 5.82 Å². The molecule has 3 aromatic rings. The van der Waals surface area contributed by atoms with E-state index in [4.69, 9.17) is 5.73 Å². The Balaban J connectivity index is 1.72. The minimum Gasteiger partial charge on any atom is -0.352 e. The first kappa shape index (κ1) is 22.8. The molecule has 1 aliphatic rings. The Morgan fingerprint density at radius 3 is 2.48 bits per heavy atom. The van der Waals surface area contributed by atoms with E-state index in [-0.39, 0.29) is 36.6 Å². The topological polar surface area (TPSA) is 113 Å². The maximum absolute atomic E-state index is 13.7. The summed E-state index contributed by atoms with van der Waals surface area (Å²) in [4.78, 5) is 27.2. The van der Waals surface area contributed by atoms with Gasteiger partial charge in [0.25, 0.3) is 11.8 Å². The average molecular weight is 471 g/mol. The van der Waals surface area contributed by atoms with Crippen LogP contribution in [0.3, 0.4) is 0 Å². The van der Waals surface area contributed by atoms with E-state index in [1.807, 2.05) is 12.1 Å². The number of sulfonamides is 1. The highest BCUT2D eigenvalue weighted by atomic mass is 32.2. The third-order valence-corrected chi connectivity index (χ3v) is 7.32. The Kier molecular flexibility index (Phi) is 6.41. The number of rotatable bonds is 6. The van der Waals surface area contributed by atoms with Crippen molar-refractivity contribution >= 4 is 32.6 Å². The van der Waals surface area contributed by atoms with Gasteiger partial charge in [-0.15, -0.1) is 0 Å². The first-order valence-electron chi connectivity index (χ1n) is 10.4. The van der Waals surface area contributed by atoms with Gasteiger partial charge >= 0.3 is 0 Å². The largest absolute Gasteiger partial charge is 0.352 e. The Bertz CT molecular complexity index is 1310. The van der Waals surface area contributed by atoms with E-state index in [0.29, 0.717) is 0 Å². The molecule has 0 spiro atoms. The number of nitrogens with zero attached hydrogens (tertiary/aromatic N) is 2. The normalized spacial score (nSPS) is 16.8. The van der Waals surface area contributed by atoms with Crippen molar-refractivity contribution in [3.63, 3.8) is 0 Å². The highest BCUT2D eigenvalue weighted by Crippen LogP contribution is 2.28. The predicted molar refractivity (Wildman–Crippen MR) is 121 cm³/mol. The Morgan fingerprint density at radius 2 is 1.76 bits per heavy atom. The van der Waals surface area contributed by atoms with Crippen LogP contribution in [-0.4, -0.2) is 61.8 Å². The molecule has 172 valence electrons. The molecular weight excluding hydrogens is 447 g/mol. The quantitative estimate of drug-likeness (QED) is 0.567. The van der Waals surface area contributed by atoms with Crippen molar-refractivity contribution in [2.45, 2.75) is 11.1 Å². The molecule has 1 heterocycles. The van der Waals surface area contributed by atoms with E-state index in [9.17, 15) is 22.4 Å². The Morgan fingerprint density at radius 1 is 1.00 bits per heavy atom. The van der Waals surface area contributed by atoms with Crippen LogP contribution in [0.5, 0.6) is 0 Å². The number of halogens is 1. The fourth-order valence-corrected chi connectivity index (χ4v) is 5.46. The molecule has 1 saturated heterocycles. The van der Waals surface area contributed by atoms with Crippen LogP contribution in [-0.2, 0) is 14.8 Å². The second-order valence-electron chi connectivity index (χ2n) is 7.59. The standard InChI is InChI=1S/C23H23FN4O4S/c24-19-7-3-6-18(14-19)23(30)27-12-13-28(22(27)21(29)26-11-10-25)33(31,32)20-9-8-16-4-1-2-5-17(16)15-20/h1-9,14-15,22H,10-13,25H2,(H,26,29). The maximum Gasteiger partial charge on any atom is 0.259 e. The van der Waals surface area contributed by atoms with Crippen molar-refractivity contribution < 1.29 is 22.4 Å². The molecule has 1 atom stereocenters. The molecule has 0 aliphatic carbocycles. The van der Waals surface area contributed by atoms with Crippen LogP contribution < -0.4 is 11.1 Å². The zero-order valence-corrected chi connectivity index (χ0v) is 18.5. The Labute approximate surface area is 190 Å². The Hall–Kier alpha value is -3.34. The minimum absolute atomic E-state index is 0.0119. The van der Waals surface area contributed by atoms with Crippen LogP contribution >= 0.6 is 0 Å². The summed E-state index contributed by atoms with van der Waals surface area (Å²) in [5.41, 5.74) is 5.50. The van der Waals surface area contributed by atoms with Crippen LogP contribution in [0.25, 0.3) is 10.8 Å². The second kappa shape index (κ2) is 9.26. The van der Waals surface area contributed by atoms with Crippen molar-refractivity contribution in [1.29, 1.82) is 0 Å². The molecule has 3 N–H and O–H groups in total. The summed E-state index contributed by atoms with van der Waals surface area (Å²) in [7, 11) is -4.13. The van der Waals surface area contributed by atoms with E-state index in [1.54, 1.807) is 18.2 Å². The van der Waals surface area contributed by atoms with Gasteiger partial charge < -0.3 is 16.0 Å². The molecule has 0 saturated carbocycles. The van der Waals surface area contributed by atoms with Gasteiger partial charge in [0.2, 0.25) is 10.0 Å². The number of carbonyl (C=O) groups is 2. The molecule has 33 heavy (non-hydrogen) atoms. The molecule has 0 radical (unpaired) electrons. The van der Waals surface area contributed by atoms with Crippen LogP contribution in [0.1, 0.15) is 10.4 Å². The molecule has 2 amide bonds. The summed E-state index contributed by atoms with van der Waals surface area (Å²) in [6, 6.07) is 17.1. The lowest BCUT2D eigenvalue weighted by Gasteiger charge is -2.28. The van der Waals surface area contributed by atoms with Crippen molar-refractivity contribution in [2.75, 3.05) is 26.2 Å². The number of amides is 2. The van der Waals surface area contributed by atoms with Gasteiger partial charge in [0.15, 0.2) is 6.17 Å². The van der Waals surface area contributed by atoms with E-state index in [1.165, 1.54) is 30.3 Å². The molecule has 1 unspecified atom stereocenters. The predicted octanol–water partition coefficient (Wildman–Crippen LogP) is 1.53. The maximum atomic E-state index is 13.7.